The number of anilines is 2. The van der Waals surface area contributed by atoms with E-state index in [-0.39, 0.29) is 11.5 Å². The predicted octanol–water partition coefficient (Wildman–Crippen LogP) is 3.54. The minimum absolute atomic E-state index is 0.150. The Labute approximate surface area is 149 Å². The Morgan fingerprint density at radius 1 is 1.19 bits per heavy atom. The van der Waals surface area contributed by atoms with Crippen LogP contribution >= 0.6 is 0 Å². The standard InChI is InChI=1S/C18H19F2N3O3/c1-25-14-6-5-13(10-15(14)26-18(19)20)22-17(24)12-4-7-16(21-11-12)23-8-2-3-9-23/h4-7,10-11,18H,2-3,8-9H2,1H3,(H,22,24). The van der Waals surface area contributed by atoms with Gasteiger partial charge in [-0.05, 0) is 37.1 Å². The first-order valence-corrected chi connectivity index (χ1v) is 8.22. The van der Waals surface area contributed by atoms with E-state index in [2.05, 4.69) is 19.9 Å². The summed E-state index contributed by atoms with van der Waals surface area (Å²) in [5.74, 6) is 0.456. The SMILES string of the molecule is COc1ccc(NC(=O)c2ccc(N3CCCC3)nc2)cc1OC(F)F. The van der Waals surface area contributed by atoms with Crippen molar-refractivity contribution in [3.8, 4) is 11.5 Å². The highest BCUT2D eigenvalue weighted by molar-refractivity contribution is 6.04. The summed E-state index contributed by atoms with van der Waals surface area (Å²) in [6.45, 7) is -1.05. The van der Waals surface area contributed by atoms with Crippen LogP contribution in [0, 0.1) is 0 Å². The van der Waals surface area contributed by atoms with Crippen molar-refractivity contribution in [1.29, 1.82) is 0 Å². The van der Waals surface area contributed by atoms with Crippen LogP contribution in [0.15, 0.2) is 36.5 Å². The van der Waals surface area contributed by atoms with Crippen molar-refractivity contribution in [1.82, 2.24) is 4.98 Å². The number of aromatic nitrogens is 1. The molecule has 1 amide bonds. The lowest BCUT2D eigenvalue weighted by molar-refractivity contribution is -0.0511. The molecule has 0 bridgehead atoms. The highest BCUT2D eigenvalue weighted by Gasteiger charge is 2.16. The third-order valence-electron chi connectivity index (χ3n) is 4.08. The number of nitrogens with zero attached hydrogens (tertiary/aromatic N) is 2. The van der Waals surface area contributed by atoms with E-state index in [9.17, 15) is 13.6 Å². The van der Waals surface area contributed by atoms with Crippen LogP contribution in [-0.4, -0.2) is 37.7 Å². The van der Waals surface area contributed by atoms with Crippen LogP contribution in [-0.2, 0) is 0 Å². The highest BCUT2D eigenvalue weighted by Crippen LogP contribution is 2.31. The maximum absolute atomic E-state index is 12.5. The monoisotopic (exact) mass is 363 g/mol. The molecule has 0 spiro atoms. The molecule has 0 saturated carbocycles. The maximum Gasteiger partial charge on any atom is 0.387 e. The number of nitrogens with one attached hydrogen (secondary N) is 1. The molecule has 1 saturated heterocycles. The van der Waals surface area contributed by atoms with Crippen molar-refractivity contribution in [2.75, 3.05) is 30.4 Å². The van der Waals surface area contributed by atoms with Crippen molar-refractivity contribution in [2.45, 2.75) is 19.5 Å². The summed E-state index contributed by atoms with van der Waals surface area (Å²) in [7, 11) is 1.35. The molecule has 0 atom stereocenters. The van der Waals surface area contributed by atoms with Gasteiger partial charge in [-0.2, -0.15) is 8.78 Å². The number of hydrogen-bond donors (Lipinski definition) is 1. The molecule has 26 heavy (non-hydrogen) atoms. The number of amides is 1. The third-order valence-corrected chi connectivity index (χ3v) is 4.08. The minimum atomic E-state index is -2.99. The first kappa shape index (κ1) is 17.9. The number of halogens is 2. The Morgan fingerprint density at radius 3 is 2.58 bits per heavy atom. The number of alkyl halides is 2. The first-order chi connectivity index (χ1) is 12.6. The normalized spacial score (nSPS) is 13.8. The summed E-state index contributed by atoms with van der Waals surface area (Å²) in [4.78, 5) is 18.8. The number of benzene rings is 1. The topological polar surface area (TPSA) is 63.7 Å². The molecular weight excluding hydrogens is 344 g/mol. The van der Waals surface area contributed by atoms with Crippen molar-refractivity contribution in [3.63, 3.8) is 0 Å². The Kier molecular flexibility index (Phi) is 5.50. The van der Waals surface area contributed by atoms with Gasteiger partial charge in [-0.15, -0.1) is 0 Å². The van der Waals surface area contributed by atoms with Gasteiger partial charge in [0.15, 0.2) is 11.5 Å². The molecular formula is C18H19F2N3O3. The molecule has 1 N–H and O–H groups in total. The molecule has 1 aromatic carbocycles. The van der Waals surface area contributed by atoms with Gasteiger partial charge in [0.05, 0.1) is 12.7 Å². The second-order valence-electron chi connectivity index (χ2n) is 5.80. The second-order valence-corrected chi connectivity index (χ2v) is 5.80. The molecule has 1 fully saturated rings. The first-order valence-electron chi connectivity index (χ1n) is 8.22. The Balaban J connectivity index is 1.70. The molecule has 138 valence electrons. The number of rotatable bonds is 6. The van der Waals surface area contributed by atoms with E-state index in [1.165, 1.54) is 25.4 Å². The zero-order chi connectivity index (χ0) is 18.5. The molecule has 0 radical (unpaired) electrons. The average molecular weight is 363 g/mol. The third kappa shape index (κ3) is 4.19. The lowest BCUT2D eigenvalue weighted by Gasteiger charge is -2.16. The fourth-order valence-electron chi connectivity index (χ4n) is 2.80. The maximum atomic E-state index is 12.5. The number of hydrogen-bond acceptors (Lipinski definition) is 5. The summed E-state index contributed by atoms with van der Waals surface area (Å²) in [5, 5.41) is 2.64. The molecule has 2 heterocycles. The number of ether oxygens (including phenoxy) is 2. The van der Waals surface area contributed by atoms with Crippen LogP contribution in [0.2, 0.25) is 0 Å². The zero-order valence-corrected chi connectivity index (χ0v) is 14.2. The van der Waals surface area contributed by atoms with Gasteiger partial charge in [-0.3, -0.25) is 4.79 Å². The van der Waals surface area contributed by atoms with Gasteiger partial charge in [0, 0.05) is 31.0 Å². The number of methoxy groups -OCH3 is 1. The summed E-state index contributed by atoms with van der Waals surface area (Å²) in [5.41, 5.74) is 0.690. The fraction of sp³-hybridized carbons (Fsp3) is 0.333. The lowest BCUT2D eigenvalue weighted by Crippen LogP contribution is -2.19. The zero-order valence-electron chi connectivity index (χ0n) is 14.2. The molecule has 1 aromatic heterocycles. The van der Waals surface area contributed by atoms with Gasteiger partial charge in [-0.1, -0.05) is 0 Å². The number of carbonyl (C=O) groups is 1. The fourth-order valence-corrected chi connectivity index (χ4v) is 2.80. The second kappa shape index (κ2) is 7.99. The van der Waals surface area contributed by atoms with E-state index in [4.69, 9.17) is 4.74 Å². The molecule has 1 aliphatic heterocycles. The van der Waals surface area contributed by atoms with Gasteiger partial charge in [0.2, 0.25) is 0 Å². The van der Waals surface area contributed by atoms with Crippen LogP contribution in [0.5, 0.6) is 11.5 Å². The van der Waals surface area contributed by atoms with Crippen LogP contribution < -0.4 is 19.7 Å². The summed E-state index contributed by atoms with van der Waals surface area (Å²) < 4.78 is 34.3. The molecule has 0 unspecified atom stereocenters. The van der Waals surface area contributed by atoms with E-state index in [1.54, 1.807) is 18.2 Å². The van der Waals surface area contributed by atoms with Crippen molar-refractivity contribution < 1.29 is 23.0 Å². The van der Waals surface area contributed by atoms with Gasteiger partial charge >= 0.3 is 6.61 Å². The Morgan fingerprint density at radius 2 is 1.96 bits per heavy atom. The van der Waals surface area contributed by atoms with Crippen molar-refractivity contribution >= 4 is 17.4 Å². The van der Waals surface area contributed by atoms with Crippen LogP contribution in [0.3, 0.4) is 0 Å². The van der Waals surface area contributed by atoms with E-state index >= 15 is 0 Å². The highest BCUT2D eigenvalue weighted by atomic mass is 19.3. The van der Waals surface area contributed by atoms with E-state index in [0.29, 0.717) is 11.3 Å². The van der Waals surface area contributed by atoms with E-state index < -0.39 is 12.5 Å². The summed E-state index contributed by atoms with van der Waals surface area (Å²) >= 11 is 0. The van der Waals surface area contributed by atoms with Crippen LogP contribution in [0.1, 0.15) is 23.2 Å². The van der Waals surface area contributed by atoms with Gasteiger partial charge in [0.1, 0.15) is 5.82 Å². The van der Waals surface area contributed by atoms with Crippen molar-refractivity contribution in [3.05, 3.63) is 42.1 Å². The molecule has 6 nitrogen and oxygen atoms in total. The molecule has 2 aromatic rings. The molecule has 0 aliphatic carbocycles. The Bertz CT molecular complexity index is 763. The quantitative estimate of drug-likeness (QED) is 0.850. The van der Waals surface area contributed by atoms with Gasteiger partial charge in [-0.25, -0.2) is 4.98 Å². The predicted molar refractivity (Wildman–Crippen MR) is 93.3 cm³/mol. The van der Waals surface area contributed by atoms with Gasteiger partial charge < -0.3 is 19.7 Å². The van der Waals surface area contributed by atoms with Crippen LogP contribution in [0.25, 0.3) is 0 Å². The largest absolute Gasteiger partial charge is 0.493 e. The Hall–Kier alpha value is -2.90. The molecule has 3 rings (SSSR count). The van der Waals surface area contributed by atoms with E-state index in [1.807, 2.05) is 0 Å². The van der Waals surface area contributed by atoms with Gasteiger partial charge in [0.25, 0.3) is 5.91 Å². The minimum Gasteiger partial charge on any atom is -0.493 e. The lowest BCUT2D eigenvalue weighted by atomic mass is 10.2. The smallest absolute Gasteiger partial charge is 0.387 e. The molecule has 1 aliphatic rings. The van der Waals surface area contributed by atoms with Crippen molar-refractivity contribution in [2.24, 2.45) is 0 Å². The summed E-state index contributed by atoms with van der Waals surface area (Å²) in [6.07, 6.45) is 3.79. The molecule has 8 heteroatoms. The van der Waals surface area contributed by atoms with Crippen LogP contribution in [0.4, 0.5) is 20.3 Å². The number of pyridine rings is 1. The van der Waals surface area contributed by atoms with E-state index in [0.717, 1.165) is 31.7 Å². The average Bonchev–Trinajstić information content (AvgIpc) is 3.16. The number of carbonyl (C=O) groups excluding carboxylic acids is 1. The summed E-state index contributed by atoms with van der Waals surface area (Å²) in [6, 6.07) is 7.77.